The normalized spacial score (nSPS) is 28.7. The van der Waals surface area contributed by atoms with Crippen LogP contribution in [0.1, 0.15) is 19.3 Å². The summed E-state index contributed by atoms with van der Waals surface area (Å²) in [7, 11) is 0. The molecule has 2 heterocycles. The lowest BCUT2D eigenvalue weighted by molar-refractivity contribution is 0.549. The fourth-order valence-electron chi connectivity index (χ4n) is 2.76. The van der Waals surface area contributed by atoms with Crippen LogP contribution in [0.2, 0.25) is 0 Å². The minimum atomic E-state index is 0.530. The fourth-order valence-corrected chi connectivity index (χ4v) is 3.19. The Morgan fingerprint density at radius 2 is 2.27 bits per heavy atom. The van der Waals surface area contributed by atoms with Crippen LogP contribution in [0.5, 0.6) is 0 Å². The largest absolute Gasteiger partial charge is 0.383 e. The topological polar surface area (TPSA) is 55.0 Å². The van der Waals surface area contributed by atoms with Crippen LogP contribution in [0.15, 0.2) is 10.8 Å². The molecule has 0 spiro atoms. The standard InChI is InChI=1S/C10H13BrN4/c11-8-9(12)13-5-14-10(8)15-4-6-1-2-7(15)3-6/h5-7H,1-4H2,(H2,12,13,14). The van der Waals surface area contributed by atoms with Gasteiger partial charge in [-0.3, -0.25) is 0 Å². The van der Waals surface area contributed by atoms with Gasteiger partial charge in [-0.15, -0.1) is 0 Å². The fraction of sp³-hybridized carbons (Fsp3) is 0.600. The van der Waals surface area contributed by atoms with Crippen molar-refractivity contribution in [2.45, 2.75) is 25.3 Å². The molecule has 2 atom stereocenters. The molecule has 1 aromatic rings. The molecule has 2 unspecified atom stereocenters. The molecule has 5 heteroatoms. The summed E-state index contributed by atoms with van der Waals surface area (Å²) in [6, 6.07) is 0.667. The van der Waals surface area contributed by atoms with E-state index in [4.69, 9.17) is 5.73 Å². The van der Waals surface area contributed by atoms with Crippen molar-refractivity contribution in [3.05, 3.63) is 10.8 Å². The van der Waals surface area contributed by atoms with Crippen LogP contribution in [-0.4, -0.2) is 22.6 Å². The molecule has 15 heavy (non-hydrogen) atoms. The highest BCUT2D eigenvalue weighted by Crippen LogP contribution is 2.42. The lowest BCUT2D eigenvalue weighted by Gasteiger charge is -2.28. The molecular weight excluding hydrogens is 256 g/mol. The maximum absolute atomic E-state index is 5.76. The van der Waals surface area contributed by atoms with E-state index in [1.165, 1.54) is 19.3 Å². The second-order valence-electron chi connectivity index (χ2n) is 4.38. The molecule has 0 radical (unpaired) electrons. The van der Waals surface area contributed by atoms with Crippen LogP contribution in [-0.2, 0) is 0 Å². The first kappa shape index (κ1) is 9.39. The number of halogens is 1. The van der Waals surface area contributed by atoms with E-state index in [0.29, 0.717) is 11.9 Å². The van der Waals surface area contributed by atoms with Gasteiger partial charge in [0.05, 0.1) is 0 Å². The Bertz CT molecular complexity index is 395. The zero-order valence-electron chi connectivity index (χ0n) is 8.36. The predicted octanol–water partition coefficient (Wildman–Crippen LogP) is 1.81. The number of hydrogen-bond donors (Lipinski definition) is 1. The van der Waals surface area contributed by atoms with E-state index in [1.54, 1.807) is 6.33 Å². The van der Waals surface area contributed by atoms with Crippen molar-refractivity contribution in [1.29, 1.82) is 0 Å². The minimum Gasteiger partial charge on any atom is -0.383 e. The molecule has 4 nitrogen and oxygen atoms in total. The molecular formula is C10H13BrN4. The monoisotopic (exact) mass is 268 g/mol. The summed E-state index contributed by atoms with van der Waals surface area (Å²) in [5.74, 6) is 2.36. The van der Waals surface area contributed by atoms with Crippen LogP contribution in [0, 0.1) is 5.92 Å². The number of nitrogens with two attached hydrogens (primary N) is 1. The third-order valence-electron chi connectivity index (χ3n) is 3.48. The van der Waals surface area contributed by atoms with Gasteiger partial charge in [-0.1, -0.05) is 0 Å². The average Bonchev–Trinajstić information content (AvgIpc) is 2.83. The second-order valence-corrected chi connectivity index (χ2v) is 5.17. The average molecular weight is 269 g/mol. The van der Waals surface area contributed by atoms with Gasteiger partial charge in [0.25, 0.3) is 0 Å². The molecule has 2 bridgehead atoms. The van der Waals surface area contributed by atoms with E-state index in [9.17, 15) is 0 Å². The molecule has 2 N–H and O–H groups in total. The molecule has 3 rings (SSSR count). The number of nitrogen functional groups attached to an aromatic ring is 1. The number of fused-ring (bicyclic) bond motifs is 2. The van der Waals surface area contributed by atoms with E-state index < -0.39 is 0 Å². The second kappa shape index (κ2) is 3.33. The molecule has 1 aliphatic carbocycles. The molecule has 0 amide bonds. The van der Waals surface area contributed by atoms with Gasteiger partial charge in [-0.25, -0.2) is 9.97 Å². The van der Waals surface area contributed by atoms with E-state index in [-0.39, 0.29) is 0 Å². The Kier molecular flexibility index (Phi) is 2.09. The van der Waals surface area contributed by atoms with Crippen molar-refractivity contribution >= 4 is 27.6 Å². The highest BCUT2D eigenvalue weighted by atomic mass is 79.9. The highest BCUT2D eigenvalue weighted by molar-refractivity contribution is 9.10. The summed E-state index contributed by atoms with van der Waals surface area (Å²) < 4.78 is 0.845. The van der Waals surface area contributed by atoms with Crippen molar-refractivity contribution in [2.24, 2.45) is 5.92 Å². The van der Waals surface area contributed by atoms with Crippen molar-refractivity contribution in [2.75, 3.05) is 17.2 Å². The number of anilines is 2. The number of nitrogens with zero attached hydrogens (tertiary/aromatic N) is 3. The SMILES string of the molecule is Nc1ncnc(N2CC3CCC2C3)c1Br. The van der Waals surface area contributed by atoms with Gasteiger partial charge >= 0.3 is 0 Å². The van der Waals surface area contributed by atoms with Gasteiger partial charge in [-0.05, 0) is 41.1 Å². The summed E-state index contributed by atoms with van der Waals surface area (Å²) in [6.07, 6.45) is 5.53. The quantitative estimate of drug-likeness (QED) is 0.844. The lowest BCUT2D eigenvalue weighted by Crippen LogP contribution is -2.33. The van der Waals surface area contributed by atoms with Crippen molar-refractivity contribution < 1.29 is 0 Å². The molecule has 1 aromatic heterocycles. The van der Waals surface area contributed by atoms with Crippen molar-refractivity contribution in [3.8, 4) is 0 Å². The summed E-state index contributed by atoms with van der Waals surface area (Å²) in [6.45, 7) is 1.12. The van der Waals surface area contributed by atoms with Gasteiger partial charge < -0.3 is 10.6 Å². The van der Waals surface area contributed by atoms with Crippen LogP contribution >= 0.6 is 15.9 Å². The van der Waals surface area contributed by atoms with Crippen LogP contribution < -0.4 is 10.6 Å². The first-order valence-electron chi connectivity index (χ1n) is 5.28. The Morgan fingerprint density at radius 3 is 2.93 bits per heavy atom. The van der Waals surface area contributed by atoms with Crippen molar-refractivity contribution in [1.82, 2.24) is 9.97 Å². The number of piperidine rings is 1. The first-order valence-corrected chi connectivity index (χ1v) is 6.07. The van der Waals surface area contributed by atoms with E-state index in [1.807, 2.05) is 0 Å². The van der Waals surface area contributed by atoms with E-state index >= 15 is 0 Å². The van der Waals surface area contributed by atoms with Gasteiger partial charge in [0.1, 0.15) is 22.4 Å². The summed E-state index contributed by atoms with van der Waals surface area (Å²) in [4.78, 5) is 10.7. The molecule has 2 aliphatic rings. The number of aromatic nitrogens is 2. The third-order valence-corrected chi connectivity index (χ3v) is 4.24. The summed E-state index contributed by atoms with van der Waals surface area (Å²) in [5.41, 5.74) is 5.76. The maximum Gasteiger partial charge on any atom is 0.148 e. The predicted molar refractivity (Wildman–Crippen MR) is 62.6 cm³/mol. The molecule has 2 fully saturated rings. The molecule has 1 saturated heterocycles. The van der Waals surface area contributed by atoms with Gasteiger partial charge in [0.15, 0.2) is 0 Å². The van der Waals surface area contributed by atoms with Gasteiger partial charge in [0, 0.05) is 12.6 Å². The Balaban J connectivity index is 1.96. The first-order chi connectivity index (χ1) is 7.25. The van der Waals surface area contributed by atoms with Crippen LogP contribution in [0.25, 0.3) is 0 Å². The number of hydrogen-bond acceptors (Lipinski definition) is 4. The van der Waals surface area contributed by atoms with Gasteiger partial charge in [-0.2, -0.15) is 0 Å². The summed E-state index contributed by atoms with van der Waals surface area (Å²) >= 11 is 3.47. The minimum absolute atomic E-state index is 0.530. The van der Waals surface area contributed by atoms with Gasteiger partial charge in [0.2, 0.25) is 0 Å². The lowest BCUT2D eigenvalue weighted by atomic mass is 10.1. The van der Waals surface area contributed by atoms with Crippen LogP contribution in [0.4, 0.5) is 11.6 Å². The smallest absolute Gasteiger partial charge is 0.148 e. The van der Waals surface area contributed by atoms with Crippen molar-refractivity contribution in [3.63, 3.8) is 0 Å². The summed E-state index contributed by atoms with van der Waals surface area (Å²) in [5, 5.41) is 0. The zero-order chi connectivity index (χ0) is 10.4. The van der Waals surface area contributed by atoms with E-state index in [2.05, 4.69) is 30.8 Å². The van der Waals surface area contributed by atoms with E-state index in [0.717, 1.165) is 22.8 Å². The third kappa shape index (κ3) is 1.40. The molecule has 80 valence electrons. The highest BCUT2D eigenvalue weighted by Gasteiger charge is 2.39. The van der Waals surface area contributed by atoms with Crippen LogP contribution in [0.3, 0.4) is 0 Å². The zero-order valence-corrected chi connectivity index (χ0v) is 9.94. The Labute approximate surface area is 97.0 Å². The molecule has 0 aromatic carbocycles. The molecule has 1 aliphatic heterocycles. The Hall–Kier alpha value is -0.840. The maximum atomic E-state index is 5.76. The number of rotatable bonds is 1. The molecule has 1 saturated carbocycles. The Morgan fingerprint density at radius 1 is 1.40 bits per heavy atom.